The summed E-state index contributed by atoms with van der Waals surface area (Å²) in [4.78, 5) is 12.1. The number of nitrogens with one attached hydrogen (secondary N) is 1. The van der Waals surface area contributed by atoms with Gasteiger partial charge in [-0.05, 0) is 52.9 Å². The van der Waals surface area contributed by atoms with E-state index in [1.165, 1.54) is 18.3 Å². The van der Waals surface area contributed by atoms with E-state index in [4.69, 9.17) is 11.6 Å². The number of anilines is 1. The van der Waals surface area contributed by atoms with Crippen LogP contribution in [0, 0.1) is 3.57 Å². The second-order valence-electron chi connectivity index (χ2n) is 4.21. The summed E-state index contributed by atoms with van der Waals surface area (Å²) in [7, 11) is 0. The maximum Gasteiger partial charge on any atom is 0.406 e. The maximum absolute atomic E-state index is 12.4. The van der Waals surface area contributed by atoms with E-state index in [-0.39, 0.29) is 5.69 Å². The molecule has 1 amide bonds. The molecule has 0 aliphatic carbocycles. The van der Waals surface area contributed by atoms with Crippen molar-refractivity contribution in [1.29, 1.82) is 0 Å². The Kier molecular flexibility index (Phi) is 4.82. The molecule has 3 nitrogen and oxygen atoms in total. The van der Waals surface area contributed by atoms with Crippen LogP contribution in [0.4, 0.5) is 18.9 Å². The lowest BCUT2D eigenvalue weighted by atomic mass is 10.3. The lowest BCUT2D eigenvalue weighted by molar-refractivity contribution is -0.140. The van der Waals surface area contributed by atoms with Crippen LogP contribution < -0.4 is 5.32 Å². The van der Waals surface area contributed by atoms with Gasteiger partial charge in [-0.15, -0.1) is 0 Å². The predicted molar refractivity (Wildman–Crippen MR) is 82.6 cm³/mol. The Hall–Kier alpha value is -1.22. The SMILES string of the molecule is O=C(Nc1ccc(I)cc1Cl)c1cccn1CC(F)(F)F. The van der Waals surface area contributed by atoms with Gasteiger partial charge in [-0.2, -0.15) is 13.2 Å². The van der Waals surface area contributed by atoms with Crippen molar-refractivity contribution in [1.82, 2.24) is 4.57 Å². The van der Waals surface area contributed by atoms with E-state index < -0.39 is 18.6 Å². The van der Waals surface area contributed by atoms with E-state index in [1.807, 2.05) is 0 Å². The van der Waals surface area contributed by atoms with Gasteiger partial charge in [-0.3, -0.25) is 4.79 Å². The van der Waals surface area contributed by atoms with Gasteiger partial charge < -0.3 is 9.88 Å². The molecule has 0 bridgehead atoms. The van der Waals surface area contributed by atoms with Gasteiger partial charge in [-0.1, -0.05) is 11.6 Å². The molecule has 112 valence electrons. The van der Waals surface area contributed by atoms with Gasteiger partial charge >= 0.3 is 6.18 Å². The number of carbonyl (C=O) groups is 1. The van der Waals surface area contributed by atoms with Crippen molar-refractivity contribution in [3.05, 3.63) is 50.8 Å². The summed E-state index contributed by atoms with van der Waals surface area (Å²) in [6.45, 7) is -1.22. The molecule has 8 heteroatoms. The standard InChI is InChI=1S/C13H9ClF3IN2O/c14-9-6-8(18)3-4-10(9)19-12(21)11-2-1-5-20(11)7-13(15,16)17/h1-6H,7H2,(H,19,21). The van der Waals surface area contributed by atoms with Crippen LogP contribution in [0.3, 0.4) is 0 Å². The smallest absolute Gasteiger partial charge is 0.334 e. The molecule has 0 saturated heterocycles. The van der Waals surface area contributed by atoms with Gasteiger partial charge in [0, 0.05) is 9.77 Å². The van der Waals surface area contributed by atoms with E-state index in [0.29, 0.717) is 10.7 Å². The van der Waals surface area contributed by atoms with Gasteiger partial charge in [-0.25, -0.2) is 0 Å². The first-order chi connectivity index (χ1) is 9.76. The third kappa shape index (κ3) is 4.37. The van der Waals surface area contributed by atoms with Gasteiger partial charge in [0.2, 0.25) is 0 Å². The second-order valence-corrected chi connectivity index (χ2v) is 5.87. The highest BCUT2D eigenvalue weighted by atomic mass is 127. The van der Waals surface area contributed by atoms with Crippen molar-refractivity contribution in [2.45, 2.75) is 12.7 Å². The Bertz CT molecular complexity index is 670. The minimum absolute atomic E-state index is 0.0815. The zero-order valence-corrected chi connectivity index (χ0v) is 13.3. The van der Waals surface area contributed by atoms with Crippen molar-refractivity contribution in [2.75, 3.05) is 5.32 Å². The van der Waals surface area contributed by atoms with Crippen molar-refractivity contribution in [3.8, 4) is 0 Å². The van der Waals surface area contributed by atoms with E-state index in [0.717, 1.165) is 8.14 Å². The number of nitrogens with zero attached hydrogens (tertiary/aromatic N) is 1. The Morgan fingerprint density at radius 3 is 2.67 bits per heavy atom. The fourth-order valence-electron chi connectivity index (χ4n) is 1.73. The van der Waals surface area contributed by atoms with Gasteiger partial charge in [0.25, 0.3) is 5.91 Å². The molecule has 0 radical (unpaired) electrons. The number of halogens is 5. The van der Waals surface area contributed by atoms with Crippen LogP contribution in [0.2, 0.25) is 5.02 Å². The van der Waals surface area contributed by atoms with E-state index >= 15 is 0 Å². The molecule has 0 atom stereocenters. The number of alkyl halides is 3. The molecule has 0 aliphatic rings. The van der Waals surface area contributed by atoms with Crippen LogP contribution in [0.5, 0.6) is 0 Å². The van der Waals surface area contributed by atoms with E-state index in [9.17, 15) is 18.0 Å². The van der Waals surface area contributed by atoms with Crippen LogP contribution in [-0.2, 0) is 6.54 Å². The number of benzene rings is 1. The lowest BCUT2D eigenvalue weighted by Crippen LogP contribution is -2.23. The van der Waals surface area contributed by atoms with Gasteiger partial charge in [0.15, 0.2) is 0 Å². The zero-order chi connectivity index (χ0) is 15.6. The van der Waals surface area contributed by atoms with Crippen LogP contribution >= 0.6 is 34.2 Å². The monoisotopic (exact) mass is 428 g/mol. The highest BCUT2D eigenvalue weighted by Gasteiger charge is 2.29. The minimum Gasteiger partial charge on any atom is -0.334 e. The largest absolute Gasteiger partial charge is 0.406 e. The molecule has 2 aromatic rings. The molecule has 0 spiro atoms. The van der Waals surface area contributed by atoms with Crippen LogP contribution in [-0.4, -0.2) is 16.7 Å². The third-order valence-electron chi connectivity index (χ3n) is 2.59. The maximum atomic E-state index is 12.4. The Morgan fingerprint density at radius 2 is 2.05 bits per heavy atom. The number of amides is 1. The van der Waals surface area contributed by atoms with Crippen LogP contribution in [0.1, 0.15) is 10.5 Å². The van der Waals surface area contributed by atoms with E-state index in [2.05, 4.69) is 27.9 Å². The summed E-state index contributed by atoms with van der Waals surface area (Å²) in [6.07, 6.45) is -3.19. The Morgan fingerprint density at radius 1 is 1.33 bits per heavy atom. The summed E-state index contributed by atoms with van der Waals surface area (Å²) in [5, 5.41) is 2.83. The zero-order valence-electron chi connectivity index (χ0n) is 10.4. The fraction of sp³-hybridized carbons (Fsp3) is 0.154. The molecule has 2 rings (SSSR count). The molecule has 0 saturated carbocycles. The van der Waals surface area contributed by atoms with Gasteiger partial charge in [0.05, 0.1) is 10.7 Å². The van der Waals surface area contributed by atoms with Crippen LogP contribution in [0.15, 0.2) is 36.5 Å². The van der Waals surface area contributed by atoms with Crippen LogP contribution in [0.25, 0.3) is 0 Å². The molecule has 0 aliphatic heterocycles. The molecule has 1 heterocycles. The summed E-state index contributed by atoms with van der Waals surface area (Å²) in [5.41, 5.74) is 0.267. The topological polar surface area (TPSA) is 34.0 Å². The number of hydrogen-bond acceptors (Lipinski definition) is 1. The number of hydrogen-bond donors (Lipinski definition) is 1. The summed E-state index contributed by atoms with van der Waals surface area (Å²) in [5.74, 6) is -0.646. The highest BCUT2D eigenvalue weighted by molar-refractivity contribution is 14.1. The van der Waals surface area contributed by atoms with Crippen molar-refractivity contribution >= 4 is 45.8 Å². The molecule has 21 heavy (non-hydrogen) atoms. The first-order valence-corrected chi connectivity index (χ1v) is 7.20. The molecular formula is C13H9ClF3IN2O. The summed E-state index contributed by atoms with van der Waals surface area (Å²) >= 11 is 8.04. The number of carbonyl (C=O) groups excluding carboxylic acids is 1. The Balaban J connectivity index is 2.19. The summed E-state index contributed by atoms with van der Waals surface area (Å²) in [6, 6.07) is 7.68. The van der Waals surface area contributed by atoms with Crippen molar-refractivity contribution in [3.63, 3.8) is 0 Å². The van der Waals surface area contributed by atoms with E-state index in [1.54, 1.807) is 18.2 Å². The van der Waals surface area contributed by atoms with Crippen molar-refractivity contribution < 1.29 is 18.0 Å². The quantitative estimate of drug-likeness (QED) is 0.715. The Labute approximate surface area is 137 Å². The first kappa shape index (κ1) is 16.2. The molecule has 1 aromatic carbocycles. The fourth-order valence-corrected chi connectivity index (χ4v) is 2.63. The van der Waals surface area contributed by atoms with Gasteiger partial charge in [0.1, 0.15) is 12.2 Å². The average Bonchev–Trinajstić information content (AvgIpc) is 2.78. The average molecular weight is 429 g/mol. The molecule has 1 N–H and O–H groups in total. The van der Waals surface area contributed by atoms with Crippen molar-refractivity contribution in [2.24, 2.45) is 0 Å². The normalized spacial score (nSPS) is 11.5. The molecule has 1 aromatic heterocycles. The highest BCUT2D eigenvalue weighted by Crippen LogP contribution is 2.25. The third-order valence-corrected chi connectivity index (χ3v) is 3.57. The first-order valence-electron chi connectivity index (χ1n) is 5.74. The second kappa shape index (κ2) is 6.27. The molecule has 0 fully saturated rings. The lowest BCUT2D eigenvalue weighted by Gasteiger charge is -2.12. The molecular weight excluding hydrogens is 420 g/mol. The predicted octanol–water partition coefficient (Wildman–Crippen LogP) is 4.56. The number of aromatic nitrogens is 1. The number of rotatable bonds is 3. The minimum atomic E-state index is -4.39. The summed E-state index contributed by atoms with van der Waals surface area (Å²) < 4.78 is 39.0. The molecule has 0 unspecified atom stereocenters.